The van der Waals surface area contributed by atoms with Crippen molar-refractivity contribution in [2.45, 2.75) is 44.7 Å². The fourth-order valence-corrected chi connectivity index (χ4v) is 4.11. The molecule has 2 aliphatic heterocycles. The lowest BCUT2D eigenvalue weighted by atomic mass is 10.0. The molecule has 1 amide bonds. The van der Waals surface area contributed by atoms with Crippen molar-refractivity contribution < 1.29 is 4.79 Å². The van der Waals surface area contributed by atoms with E-state index in [2.05, 4.69) is 54.3 Å². The van der Waals surface area contributed by atoms with Gasteiger partial charge in [0.25, 0.3) is 0 Å². The van der Waals surface area contributed by atoms with E-state index >= 15 is 0 Å². The number of likely N-dealkylation sites (N-methyl/N-ethyl adjacent to an activating group) is 1. The standard InChI is InChI=1S/C24H27N3O/c1-3-4-7-16-21-23(19-14-10-6-11-15-19)26(2)24-25-20(17-22(28)27(21)24)18-12-8-5-9-13-18/h5-6,8-16,20,23H,3-4,7,17H2,1-2H3/b21-16-/t20-,23-/m0/s1. The molecule has 144 valence electrons. The molecule has 0 saturated carbocycles. The summed E-state index contributed by atoms with van der Waals surface area (Å²) >= 11 is 0. The molecular weight excluding hydrogens is 346 g/mol. The fraction of sp³-hybridized carbons (Fsp3) is 0.333. The van der Waals surface area contributed by atoms with Crippen LogP contribution in [-0.4, -0.2) is 28.7 Å². The summed E-state index contributed by atoms with van der Waals surface area (Å²) in [7, 11) is 2.05. The van der Waals surface area contributed by atoms with Crippen molar-refractivity contribution in [1.29, 1.82) is 0 Å². The van der Waals surface area contributed by atoms with Crippen LogP contribution in [0.3, 0.4) is 0 Å². The first-order valence-electron chi connectivity index (χ1n) is 10.1. The summed E-state index contributed by atoms with van der Waals surface area (Å²) in [6.45, 7) is 2.19. The largest absolute Gasteiger partial charge is 0.333 e. The number of fused-ring (bicyclic) bond motifs is 1. The van der Waals surface area contributed by atoms with Gasteiger partial charge in [0.2, 0.25) is 11.9 Å². The molecule has 2 atom stereocenters. The maximum absolute atomic E-state index is 13.2. The predicted molar refractivity (Wildman–Crippen MR) is 113 cm³/mol. The van der Waals surface area contributed by atoms with Gasteiger partial charge in [-0.15, -0.1) is 0 Å². The lowest BCUT2D eigenvalue weighted by molar-refractivity contribution is -0.126. The Labute approximate surface area is 167 Å². The molecule has 0 N–H and O–H groups in total. The van der Waals surface area contributed by atoms with Crippen molar-refractivity contribution in [2.24, 2.45) is 4.99 Å². The van der Waals surface area contributed by atoms with E-state index in [0.29, 0.717) is 6.42 Å². The predicted octanol–water partition coefficient (Wildman–Crippen LogP) is 5.08. The number of allylic oxidation sites excluding steroid dienone is 1. The first kappa shape index (κ1) is 18.5. The number of guanidine groups is 1. The summed E-state index contributed by atoms with van der Waals surface area (Å²) in [5.41, 5.74) is 3.34. The average Bonchev–Trinajstić information content (AvgIpc) is 3.02. The van der Waals surface area contributed by atoms with Gasteiger partial charge >= 0.3 is 0 Å². The van der Waals surface area contributed by atoms with E-state index in [1.54, 1.807) is 0 Å². The third-order valence-corrected chi connectivity index (χ3v) is 5.54. The number of rotatable bonds is 5. The molecule has 2 aliphatic rings. The lowest BCUT2D eigenvalue weighted by Gasteiger charge is -2.27. The second-order valence-electron chi connectivity index (χ2n) is 7.48. The van der Waals surface area contributed by atoms with Gasteiger partial charge < -0.3 is 4.90 Å². The van der Waals surface area contributed by atoms with Crippen molar-refractivity contribution in [3.8, 4) is 0 Å². The number of unbranched alkanes of at least 4 members (excludes halogenated alkanes) is 2. The SMILES string of the molecule is CCCC/C=C1/[C@H](c2ccccc2)N(C)C2=N[C@H](c3ccccc3)CC(=O)N21. The molecule has 0 spiro atoms. The van der Waals surface area contributed by atoms with Crippen molar-refractivity contribution in [2.75, 3.05) is 7.05 Å². The second kappa shape index (κ2) is 8.01. The maximum atomic E-state index is 13.2. The number of benzene rings is 2. The topological polar surface area (TPSA) is 35.9 Å². The third-order valence-electron chi connectivity index (χ3n) is 5.54. The summed E-state index contributed by atoms with van der Waals surface area (Å²) in [5.74, 6) is 0.897. The zero-order chi connectivity index (χ0) is 19.5. The Kier molecular flexibility index (Phi) is 5.29. The molecule has 0 radical (unpaired) electrons. The molecule has 0 aliphatic carbocycles. The van der Waals surface area contributed by atoms with Gasteiger partial charge in [0.1, 0.15) is 0 Å². The summed E-state index contributed by atoms with van der Waals surface area (Å²) in [5, 5.41) is 0. The van der Waals surface area contributed by atoms with Crippen LogP contribution in [0.2, 0.25) is 0 Å². The normalized spacial score (nSPS) is 23.1. The molecule has 4 rings (SSSR count). The van der Waals surface area contributed by atoms with E-state index in [9.17, 15) is 4.79 Å². The van der Waals surface area contributed by atoms with E-state index < -0.39 is 0 Å². The Bertz CT molecular complexity index is 889. The van der Waals surface area contributed by atoms with Crippen molar-refractivity contribution >= 4 is 11.9 Å². The molecule has 1 fully saturated rings. The number of hydrogen-bond donors (Lipinski definition) is 0. The Morgan fingerprint density at radius 1 is 1.04 bits per heavy atom. The molecular formula is C24H27N3O. The van der Waals surface area contributed by atoms with E-state index in [0.717, 1.165) is 36.5 Å². The number of nitrogens with zero attached hydrogens (tertiary/aromatic N) is 3. The van der Waals surface area contributed by atoms with Crippen LogP contribution < -0.4 is 0 Å². The minimum atomic E-state index is -0.117. The Balaban J connectivity index is 1.76. The summed E-state index contributed by atoms with van der Waals surface area (Å²) in [6.07, 6.45) is 5.88. The fourth-order valence-electron chi connectivity index (χ4n) is 4.11. The van der Waals surface area contributed by atoms with Crippen LogP contribution in [0.5, 0.6) is 0 Å². The van der Waals surface area contributed by atoms with E-state index in [1.807, 2.05) is 36.2 Å². The summed E-state index contributed by atoms with van der Waals surface area (Å²) < 4.78 is 0. The van der Waals surface area contributed by atoms with Gasteiger partial charge in [-0.3, -0.25) is 9.69 Å². The Hall–Kier alpha value is -2.88. The molecule has 4 nitrogen and oxygen atoms in total. The minimum absolute atomic E-state index is 0.0234. The van der Waals surface area contributed by atoms with E-state index in [4.69, 9.17) is 4.99 Å². The van der Waals surface area contributed by atoms with Gasteiger partial charge in [-0.25, -0.2) is 4.99 Å². The summed E-state index contributed by atoms with van der Waals surface area (Å²) in [6, 6.07) is 20.4. The minimum Gasteiger partial charge on any atom is -0.333 e. The second-order valence-corrected chi connectivity index (χ2v) is 7.48. The summed E-state index contributed by atoms with van der Waals surface area (Å²) in [4.78, 5) is 22.2. The van der Waals surface area contributed by atoms with Crippen LogP contribution in [-0.2, 0) is 4.79 Å². The first-order valence-corrected chi connectivity index (χ1v) is 10.1. The first-order chi connectivity index (χ1) is 13.7. The molecule has 2 heterocycles. The lowest BCUT2D eigenvalue weighted by Crippen LogP contribution is -2.40. The monoisotopic (exact) mass is 373 g/mol. The van der Waals surface area contributed by atoms with Gasteiger partial charge in [0, 0.05) is 7.05 Å². The molecule has 0 aromatic heterocycles. The Morgan fingerprint density at radius 3 is 2.32 bits per heavy atom. The highest BCUT2D eigenvalue weighted by Gasteiger charge is 2.45. The van der Waals surface area contributed by atoms with Gasteiger partial charge in [-0.05, 0) is 17.5 Å². The van der Waals surface area contributed by atoms with Gasteiger partial charge in [0.15, 0.2) is 0 Å². The van der Waals surface area contributed by atoms with Crippen LogP contribution in [0.4, 0.5) is 0 Å². The van der Waals surface area contributed by atoms with E-state index in [1.165, 1.54) is 5.56 Å². The zero-order valence-corrected chi connectivity index (χ0v) is 16.6. The van der Waals surface area contributed by atoms with Gasteiger partial charge in [0.05, 0.1) is 24.2 Å². The third kappa shape index (κ3) is 3.35. The van der Waals surface area contributed by atoms with Crippen LogP contribution in [0.1, 0.15) is 55.8 Å². The number of aliphatic imine (C=N–C) groups is 1. The number of carbonyl (C=O) groups is 1. The molecule has 28 heavy (non-hydrogen) atoms. The van der Waals surface area contributed by atoms with E-state index in [-0.39, 0.29) is 18.0 Å². The van der Waals surface area contributed by atoms with Crippen LogP contribution in [0.15, 0.2) is 77.4 Å². The van der Waals surface area contributed by atoms with Crippen molar-refractivity contribution in [1.82, 2.24) is 9.80 Å². The van der Waals surface area contributed by atoms with Crippen LogP contribution in [0.25, 0.3) is 0 Å². The molecule has 1 saturated heterocycles. The molecule has 4 heteroatoms. The highest BCUT2D eigenvalue weighted by atomic mass is 16.2. The van der Waals surface area contributed by atoms with Crippen molar-refractivity contribution in [3.05, 3.63) is 83.6 Å². The molecule has 2 aromatic carbocycles. The highest BCUT2D eigenvalue weighted by Crippen LogP contribution is 2.42. The highest BCUT2D eigenvalue weighted by molar-refractivity contribution is 6.03. The van der Waals surface area contributed by atoms with Gasteiger partial charge in [-0.2, -0.15) is 0 Å². The number of hydrogen-bond acceptors (Lipinski definition) is 3. The van der Waals surface area contributed by atoms with Crippen LogP contribution >= 0.6 is 0 Å². The molecule has 0 bridgehead atoms. The van der Waals surface area contributed by atoms with Gasteiger partial charge in [-0.1, -0.05) is 86.5 Å². The van der Waals surface area contributed by atoms with Crippen molar-refractivity contribution in [3.63, 3.8) is 0 Å². The number of carbonyl (C=O) groups excluding carboxylic acids is 1. The average molecular weight is 374 g/mol. The smallest absolute Gasteiger partial charge is 0.236 e. The molecule has 2 aromatic rings. The quantitative estimate of drug-likeness (QED) is 0.686. The zero-order valence-electron chi connectivity index (χ0n) is 16.6. The maximum Gasteiger partial charge on any atom is 0.236 e. The molecule has 0 unspecified atom stereocenters. The van der Waals surface area contributed by atoms with Crippen LogP contribution in [0, 0.1) is 0 Å². The number of amides is 1. The Morgan fingerprint density at radius 2 is 1.68 bits per heavy atom.